The van der Waals surface area contributed by atoms with Crippen molar-refractivity contribution in [3.63, 3.8) is 0 Å². The molecule has 45 heavy (non-hydrogen) atoms. The summed E-state index contributed by atoms with van der Waals surface area (Å²) in [5.41, 5.74) is 10.7. The number of hydrogen-bond donors (Lipinski definition) is 0. The second-order valence-corrected chi connectivity index (χ2v) is 11.4. The minimum atomic E-state index is 1.11. The number of hydrogen-bond acceptors (Lipinski definition) is 1. The molecule has 0 atom stereocenters. The smallest absolute Gasteiger partial charge is 0.0468 e. The van der Waals surface area contributed by atoms with Gasteiger partial charge in [0.05, 0.1) is 0 Å². The molecule has 8 aromatic rings. The zero-order chi connectivity index (χ0) is 30.0. The molecule has 212 valence electrons. The van der Waals surface area contributed by atoms with E-state index in [2.05, 4.69) is 193 Å². The number of nitrogens with zero attached hydrogens (tertiary/aromatic N) is 1. The lowest BCUT2D eigenvalue weighted by atomic mass is 9.94. The van der Waals surface area contributed by atoms with Gasteiger partial charge in [-0.1, -0.05) is 152 Å². The second kappa shape index (κ2) is 11.6. The SMILES string of the molecule is c1ccc(-c2ccc(N(c3ccc(-c4ccccc4-c4ccccc4)cc3)c3ccc4ccc5ccccc5c4c3)cc2)cc1. The Morgan fingerprint density at radius 3 is 1.33 bits per heavy atom. The van der Waals surface area contributed by atoms with Crippen molar-refractivity contribution in [1.29, 1.82) is 0 Å². The number of fused-ring (bicyclic) bond motifs is 3. The van der Waals surface area contributed by atoms with Crippen molar-refractivity contribution in [1.82, 2.24) is 0 Å². The van der Waals surface area contributed by atoms with E-state index >= 15 is 0 Å². The maximum absolute atomic E-state index is 2.36. The minimum absolute atomic E-state index is 1.11. The molecule has 1 nitrogen and oxygen atoms in total. The first-order valence-corrected chi connectivity index (χ1v) is 15.4. The fourth-order valence-electron chi connectivity index (χ4n) is 6.40. The largest absolute Gasteiger partial charge is 0.310 e. The van der Waals surface area contributed by atoms with Crippen molar-refractivity contribution < 1.29 is 0 Å². The zero-order valence-electron chi connectivity index (χ0n) is 24.8. The van der Waals surface area contributed by atoms with Gasteiger partial charge in [-0.25, -0.2) is 0 Å². The average molecular weight is 574 g/mol. The van der Waals surface area contributed by atoms with Crippen LogP contribution in [0.4, 0.5) is 17.1 Å². The van der Waals surface area contributed by atoms with Crippen LogP contribution in [0.1, 0.15) is 0 Å². The molecule has 0 N–H and O–H groups in total. The van der Waals surface area contributed by atoms with Gasteiger partial charge in [-0.15, -0.1) is 0 Å². The number of anilines is 3. The van der Waals surface area contributed by atoms with Gasteiger partial charge in [0, 0.05) is 17.1 Å². The van der Waals surface area contributed by atoms with Gasteiger partial charge >= 0.3 is 0 Å². The predicted octanol–water partition coefficient (Wildman–Crippen LogP) is 12.5. The van der Waals surface area contributed by atoms with Crippen LogP contribution in [0.3, 0.4) is 0 Å². The molecule has 0 radical (unpaired) electrons. The third-order valence-corrected chi connectivity index (χ3v) is 8.67. The fourth-order valence-corrected chi connectivity index (χ4v) is 6.40. The van der Waals surface area contributed by atoms with Crippen molar-refractivity contribution in [3.05, 3.63) is 188 Å². The van der Waals surface area contributed by atoms with E-state index in [1.165, 1.54) is 54.9 Å². The van der Waals surface area contributed by atoms with E-state index < -0.39 is 0 Å². The summed E-state index contributed by atoms with van der Waals surface area (Å²) in [6, 6.07) is 67.6. The van der Waals surface area contributed by atoms with Crippen molar-refractivity contribution in [3.8, 4) is 33.4 Å². The monoisotopic (exact) mass is 573 g/mol. The normalized spacial score (nSPS) is 11.1. The maximum atomic E-state index is 2.36. The Labute approximate surface area is 264 Å². The van der Waals surface area contributed by atoms with Crippen molar-refractivity contribution in [2.45, 2.75) is 0 Å². The van der Waals surface area contributed by atoms with Gasteiger partial charge in [-0.3, -0.25) is 0 Å². The van der Waals surface area contributed by atoms with E-state index in [9.17, 15) is 0 Å². The molecule has 0 unspecified atom stereocenters. The predicted molar refractivity (Wildman–Crippen MR) is 192 cm³/mol. The van der Waals surface area contributed by atoms with Gasteiger partial charge < -0.3 is 4.90 Å². The first-order chi connectivity index (χ1) is 22.3. The molecule has 0 amide bonds. The van der Waals surface area contributed by atoms with Gasteiger partial charge in [0.1, 0.15) is 0 Å². The van der Waals surface area contributed by atoms with E-state index in [-0.39, 0.29) is 0 Å². The van der Waals surface area contributed by atoms with E-state index in [1.54, 1.807) is 0 Å². The highest BCUT2D eigenvalue weighted by Crippen LogP contribution is 2.40. The van der Waals surface area contributed by atoms with Crippen LogP contribution in [0.5, 0.6) is 0 Å². The molecule has 0 saturated carbocycles. The molecular weight excluding hydrogens is 542 g/mol. The summed E-state index contributed by atoms with van der Waals surface area (Å²) in [5.74, 6) is 0. The van der Waals surface area contributed by atoms with Gasteiger partial charge in [-0.05, 0) is 91.3 Å². The Morgan fingerprint density at radius 1 is 0.267 bits per heavy atom. The van der Waals surface area contributed by atoms with Crippen LogP contribution in [-0.4, -0.2) is 0 Å². The van der Waals surface area contributed by atoms with E-state index in [0.29, 0.717) is 0 Å². The standard InChI is InChI=1S/C44H31N/c1-3-11-32(12-4-1)33-21-26-38(27-22-33)45(40-30-25-37-20-19-35-15-7-8-18-43(35)44(37)31-40)39-28-23-36(24-29-39)42-17-10-9-16-41(42)34-13-5-2-6-14-34/h1-31H. The third kappa shape index (κ3) is 5.15. The lowest BCUT2D eigenvalue weighted by Crippen LogP contribution is -2.10. The molecule has 0 spiro atoms. The molecule has 0 aliphatic rings. The highest BCUT2D eigenvalue weighted by Gasteiger charge is 2.15. The van der Waals surface area contributed by atoms with Crippen molar-refractivity contribution in [2.75, 3.05) is 4.90 Å². The molecular formula is C44H31N. The van der Waals surface area contributed by atoms with Crippen LogP contribution in [0.15, 0.2) is 188 Å². The Kier molecular flexibility index (Phi) is 6.90. The molecule has 0 bridgehead atoms. The fraction of sp³-hybridized carbons (Fsp3) is 0. The van der Waals surface area contributed by atoms with Crippen molar-refractivity contribution in [2.24, 2.45) is 0 Å². The van der Waals surface area contributed by atoms with Crippen LogP contribution in [0.25, 0.3) is 54.9 Å². The molecule has 8 aromatic carbocycles. The number of rotatable bonds is 6. The second-order valence-electron chi connectivity index (χ2n) is 11.4. The summed E-state index contributed by atoms with van der Waals surface area (Å²) < 4.78 is 0. The quantitative estimate of drug-likeness (QED) is 0.179. The van der Waals surface area contributed by atoms with Crippen LogP contribution in [0.2, 0.25) is 0 Å². The summed E-state index contributed by atoms with van der Waals surface area (Å²) in [6.45, 7) is 0. The molecule has 0 heterocycles. The number of benzene rings is 8. The van der Waals surface area contributed by atoms with Gasteiger partial charge in [0.25, 0.3) is 0 Å². The highest BCUT2D eigenvalue weighted by molar-refractivity contribution is 6.09. The highest BCUT2D eigenvalue weighted by atomic mass is 15.1. The molecule has 0 aromatic heterocycles. The topological polar surface area (TPSA) is 3.24 Å². The van der Waals surface area contributed by atoms with Gasteiger partial charge in [-0.2, -0.15) is 0 Å². The first kappa shape index (κ1) is 26.7. The van der Waals surface area contributed by atoms with E-state index in [0.717, 1.165) is 17.1 Å². The summed E-state index contributed by atoms with van der Waals surface area (Å²) in [5, 5.41) is 5.01. The Balaban J connectivity index is 1.25. The Hall–Kier alpha value is -5.92. The minimum Gasteiger partial charge on any atom is -0.310 e. The Bertz CT molecular complexity index is 2230. The third-order valence-electron chi connectivity index (χ3n) is 8.67. The molecule has 0 fully saturated rings. The Morgan fingerprint density at radius 2 is 0.689 bits per heavy atom. The molecule has 0 aliphatic carbocycles. The molecule has 0 aliphatic heterocycles. The van der Waals surface area contributed by atoms with Crippen LogP contribution < -0.4 is 4.90 Å². The van der Waals surface area contributed by atoms with E-state index in [4.69, 9.17) is 0 Å². The average Bonchev–Trinajstić information content (AvgIpc) is 3.13. The van der Waals surface area contributed by atoms with Crippen LogP contribution in [-0.2, 0) is 0 Å². The molecule has 8 rings (SSSR count). The summed E-state index contributed by atoms with van der Waals surface area (Å²) in [7, 11) is 0. The summed E-state index contributed by atoms with van der Waals surface area (Å²) in [6.07, 6.45) is 0. The van der Waals surface area contributed by atoms with Crippen LogP contribution in [0, 0.1) is 0 Å². The zero-order valence-corrected chi connectivity index (χ0v) is 24.8. The molecule has 1 heteroatoms. The summed E-state index contributed by atoms with van der Waals surface area (Å²) in [4.78, 5) is 2.36. The van der Waals surface area contributed by atoms with Gasteiger partial charge in [0.2, 0.25) is 0 Å². The van der Waals surface area contributed by atoms with Crippen molar-refractivity contribution >= 4 is 38.6 Å². The van der Waals surface area contributed by atoms with E-state index in [1.807, 2.05) is 0 Å². The van der Waals surface area contributed by atoms with Crippen LogP contribution >= 0.6 is 0 Å². The maximum Gasteiger partial charge on any atom is 0.0468 e. The molecule has 0 saturated heterocycles. The van der Waals surface area contributed by atoms with Gasteiger partial charge in [0.15, 0.2) is 0 Å². The summed E-state index contributed by atoms with van der Waals surface area (Å²) >= 11 is 0. The first-order valence-electron chi connectivity index (χ1n) is 15.4. The lowest BCUT2D eigenvalue weighted by Gasteiger charge is -2.26. The lowest BCUT2D eigenvalue weighted by molar-refractivity contribution is 1.29.